The first-order valence-corrected chi connectivity index (χ1v) is 4.63. The van der Waals surface area contributed by atoms with E-state index in [1.165, 1.54) is 6.42 Å². The van der Waals surface area contributed by atoms with E-state index in [9.17, 15) is 5.11 Å². The van der Waals surface area contributed by atoms with Crippen LogP contribution in [0.4, 0.5) is 0 Å². The summed E-state index contributed by atoms with van der Waals surface area (Å²) in [5.74, 6) is 1.58. The van der Waals surface area contributed by atoms with Crippen LogP contribution in [-0.4, -0.2) is 19.7 Å². The lowest BCUT2D eigenvalue weighted by molar-refractivity contribution is 0.166. The Bertz CT molecular complexity index is 106. The minimum absolute atomic E-state index is 0.100. The van der Waals surface area contributed by atoms with E-state index in [1.807, 2.05) is 0 Å². The molecular formula is C9H18NO. The second kappa shape index (κ2) is 4.73. The SMILES string of the molecule is CC1CCNCC1CCC[O]. The van der Waals surface area contributed by atoms with Crippen LogP contribution in [-0.2, 0) is 5.11 Å². The van der Waals surface area contributed by atoms with Crippen molar-refractivity contribution in [3.05, 3.63) is 0 Å². The standard InChI is InChI=1S/C9H18NO/c1-8-4-5-10-7-9(8)3-2-6-11/h8-10H,2-7H2,1H3. The Morgan fingerprint density at radius 3 is 3.00 bits per heavy atom. The molecule has 1 aliphatic heterocycles. The Kier molecular flexibility index (Phi) is 3.87. The summed E-state index contributed by atoms with van der Waals surface area (Å²) in [6.45, 7) is 4.69. The molecule has 1 N–H and O–H groups in total. The first-order valence-electron chi connectivity index (χ1n) is 4.63. The van der Waals surface area contributed by atoms with Gasteiger partial charge in [-0.2, -0.15) is 0 Å². The summed E-state index contributed by atoms with van der Waals surface area (Å²) in [6.07, 6.45) is 3.26. The second-order valence-corrected chi connectivity index (χ2v) is 3.58. The molecule has 1 rings (SSSR count). The highest BCUT2D eigenvalue weighted by atomic mass is 16.2. The summed E-state index contributed by atoms with van der Waals surface area (Å²) in [5.41, 5.74) is 0. The fourth-order valence-corrected chi connectivity index (χ4v) is 1.79. The lowest BCUT2D eigenvalue weighted by Gasteiger charge is -2.29. The quantitative estimate of drug-likeness (QED) is 0.659. The Balaban J connectivity index is 2.18. The third-order valence-corrected chi connectivity index (χ3v) is 2.71. The van der Waals surface area contributed by atoms with E-state index in [4.69, 9.17) is 0 Å². The zero-order valence-corrected chi connectivity index (χ0v) is 7.31. The molecule has 0 bridgehead atoms. The van der Waals surface area contributed by atoms with Gasteiger partial charge in [-0.3, -0.25) is 0 Å². The highest BCUT2D eigenvalue weighted by Crippen LogP contribution is 2.22. The topological polar surface area (TPSA) is 31.9 Å². The summed E-state index contributed by atoms with van der Waals surface area (Å²) < 4.78 is 0. The fraction of sp³-hybridized carbons (Fsp3) is 1.00. The first-order chi connectivity index (χ1) is 5.34. The summed E-state index contributed by atoms with van der Waals surface area (Å²) >= 11 is 0. The van der Waals surface area contributed by atoms with Gasteiger partial charge < -0.3 is 5.32 Å². The van der Waals surface area contributed by atoms with Gasteiger partial charge in [0.05, 0.1) is 6.61 Å². The molecule has 2 unspecified atom stereocenters. The summed E-state index contributed by atoms with van der Waals surface area (Å²) in [5, 5.41) is 13.6. The molecule has 0 saturated carbocycles. The summed E-state index contributed by atoms with van der Waals surface area (Å²) in [4.78, 5) is 0. The van der Waals surface area contributed by atoms with Crippen molar-refractivity contribution >= 4 is 0 Å². The molecule has 1 radical (unpaired) electrons. The zero-order valence-electron chi connectivity index (χ0n) is 7.31. The van der Waals surface area contributed by atoms with E-state index in [1.54, 1.807) is 0 Å². The van der Waals surface area contributed by atoms with E-state index >= 15 is 0 Å². The van der Waals surface area contributed by atoms with Crippen LogP contribution in [0.25, 0.3) is 0 Å². The molecule has 1 heterocycles. The fourth-order valence-electron chi connectivity index (χ4n) is 1.79. The Hall–Kier alpha value is -0.0800. The van der Waals surface area contributed by atoms with Gasteiger partial charge in [0.25, 0.3) is 0 Å². The molecule has 2 atom stereocenters. The Morgan fingerprint density at radius 1 is 1.55 bits per heavy atom. The minimum Gasteiger partial charge on any atom is -0.316 e. The van der Waals surface area contributed by atoms with Gasteiger partial charge in [0, 0.05) is 0 Å². The van der Waals surface area contributed by atoms with Gasteiger partial charge in [-0.15, -0.1) is 0 Å². The van der Waals surface area contributed by atoms with Crippen LogP contribution >= 0.6 is 0 Å². The Morgan fingerprint density at radius 2 is 2.36 bits per heavy atom. The van der Waals surface area contributed by atoms with Crippen molar-refractivity contribution < 1.29 is 5.11 Å². The molecule has 0 aromatic carbocycles. The predicted molar refractivity (Wildman–Crippen MR) is 44.9 cm³/mol. The number of nitrogens with one attached hydrogen (secondary N) is 1. The van der Waals surface area contributed by atoms with Gasteiger partial charge in [0.2, 0.25) is 0 Å². The molecule has 2 heteroatoms. The summed E-state index contributed by atoms with van der Waals surface area (Å²) in [7, 11) is 0. The van der Waals surface area contributed by atoms with Gasteiger partial charge in [-0.05, 0) is 44.2 Å². The van der Waals surface area contributed by atoms with Gasteiger partial charge >= 0.3 is 0 Å². The van der Waals surface area contributed by atoms with Gasteiger partial charge in [-0.25, -0.2) is 5.11 Å². The van der Waals surface area contributed by atoms with Crippen molar-refractivity contribution in [3.8, 4) is 0 Å². The van der Waals surface area contributed by atoms with Crippen LogP contribution in [0.15, 0.2) is 0 Å². The zero-order chi connectivity index (χ0) is 8.10. The third kappa shape index (κ3) is 2.80. The second-order valence-electron chi connectivity index (χ2n) is 3.58. The maximum atomic E-state index is 10.3. The normalized spacial score (nSPS) is 32.2. The van der Waals surface area contributed by atoms with E-state index < -0.39 is 0 Å². The summed E-state index contributed by atoms with van der Waals surface area (Å²) in [6, 6.07) is 0. The van der Waals surface area contributed by atoms with Crippen molar-refractivity contribution in [1.82, 2.24) is 5.32 Å². The maximum Gasteiger partial charge on any atom is 0.0822 e. The van der Waals surface area contributed by atoms with Crippen molar-refractivity contribution in [1.29, 1.82) is 0 Å². The molecule has 0 spiro atoms. The average Bonchev–Trinajstić information content (AvgIpc) is 2.03. The molecular weight excluding hydrogens is 138 g/mol. The van der Waals surface area contributed by atoms with Crippen LogP contribution in [0.1, 0.15) is 26.2 Å². The highest BCUT2D eigenvalue weighted by molar-refractivity contribution is 4.74. The molecule has 2 nitrogen and oxygen atoms in total. The van der Waals surface area contributed by atoms with Crippen LogP contribution in [0.5, 0.6) is 0 Å². The van der Waals surface area contributed by atoms with E-state index in [2.05, 4.69) is 12.2 Å². The van der Waals surface area contributed by atoms with Crippen LogP contribution < -0.4 is 5.32 Å². The number of rotatable bonds is 3. The van der Waals surface area contributed by atoms with Gasteiger partial charge in [-0.1, -0.05) is 6.92 Å². The minimum atomic E-state index is 0.100. The monoisotopic (exact) mass is 156 g/mol. The molecule has 11 heavy (non-hydrogen) atoms. The molecule has 1 fully saturated rings. The first kappa shape index (κ1) is 9.01. The van der Waals surface area contributed by atoms with Crippen molar-refractivity contribution in [2.24, 2.45) is 11.8 Å². The highest BCUT2D eigenvalue weighted by Gasteiger charge is 2.19. The smallest absolute Gasteiger partial charge is 0.0822 e. The molecule has 65 valence electrons. The van der Waals surface area contributed by atoms with Gasteiger partial charge in [0.1, 0.15) is 0 Å². The average molecular weight is 156 g/mol. The number of piperidine rings is 1. The molecule has 0 aromatic rings. The molecule has 0 aliphatic carbocycles. The van der Waals surface area contributed by atoms with E-state index in [0.717, 1.165) is 37.8 Å². The molecule has 1 saturated heterocycles. The third-order valence-electron chi connectivity index (χ3n) is 2.71. The molecule has 0 amide bonds. The van der Waals surface area contributed by atoms with Crippen LogP contribution in [0.3, 0.4) is 0 Å². The van der Waals surface area contributed by atoms with Crippen LogP contribution in [0.2, 0.25) is 0 Å². The lowest BCUT2D eigenvalue weighted by Crippen LogP contribution is -2.35. The number of hydrogen-bond acceptors (Lipinski definition) is 1. The lowest BCUT2D eigenvalue weighted by atomic mass is 9.85. The number of hydrogen-bond donors (Lipinski definition) is 1. The van der Waals surface area contributed by atoms with Crippen molar-refractivity contribution in [2.75, 3.05) is 19.7 Å². The largest absolute Gasteiger partial charge is 0.316 e. The van der Waals surface area contributed by atoms with Crippen molar-refractivity contribution in [3.63, 3.8) is 0 Å². The van der Waals surface area contributed by atoms with Gasteiger partial charge in [0.15, 0.2) is 0 Å². The van der Waals surface area contributed by atoms with Crippen molar-refractivity contribution in [2.45, 2.75) is 26.2 Å². The maximum absolute atomic E-state index is 10.3. The van der Waals surface area contributed by atoms with E-state index in [-0.39, 0.29) is 6.61 Å². The molecule has 1 aliphatic rings. The van der Waals surface area contributed by atoms with Crippen LogP contribution in [0, 0.1) is 11.8 Å². The molecule has 0 aromatic heterocycles. The Labute approximate surface area is 69.0 Å². The van der Waals surface area contributed by atoms with E-state index in [0.29, 0.717) is 0 Å². The predicted octanol–water partition coefficient (Wildman–Crippen LogP) is 1.44.